The number of carbonyl (C=O) groups excluding carboxylic acids is 2. The van der Waals surface area contributed by atoms with Crippen LogP contribution in [0.2, 0.25) is 0 Å². The van der Waals surface area contributed by atoms with Crippen LogP contribution in [0.25, 0.3) is 0 Å². The van der Waals surface area contributed by atoms with E-state index in [0.29, 0.717) is 12.8 Å². The van der Waals surface area contributed by atoms with E-state index in [4.69, 9.17) is 4.74 Å². The van der Waals surface area contributed by atoms with E-state index in [1.54, 1.807) is 0 Å². The molecule has 0 fully saturated rings. The van der Waals surface area contributed by atoms with Crippen LogP contribution in [-0.2, 0) is 4.79 Å². The van der Waals surface area contributed by atoms with Crippen LogP contribution in [0.3, 0.4) is 0 Å². The molecule has 5 heteroatoms. The van der Waals surface area contributed by atoms with Crippen molar-refractivity contribution in [2.75, 3.05) is 13.2 Å². The number of hydrogen-bond donors (Lipinski definition) is 1. The van der Waals surface area contributed by atoms with Crippen molar-refractivity contribution in [3.05, 3.63) is 42.2 Å². The first-order valence-electron chi connectivity index (χ1n) is 4.92. The maximum Gasteiger partial charge on any atom is 0.258 e. The second-order valence-electron chi connectivity index (χ2n) is 3.18. The number of aldehydes is 1. The van der Waals surface area contributed by atoms with Gasteiger partial charge in [-0.05, 0) is 18.2 Å². The van der Waals surface area contributed by atoms with Gasteiger partial charge in [-0.25, -0.2) is 4.39 Å². The van der Waals surface area contributed by atoms with Crippen LogP contribution >= 0.6 is 0 Å². The molecule has 1 rings (SSSR count). The predicted molar refractivity (Wildman–Crippen MR) is 60.5 cm³/mol. The van der Waals surface area contributed by atoms with E-state index in [9.17, 15) is 14.0 Å². The zero-order valence-corrected chi connectivity index (χ0v) is 9.11. The van der Waals surface area contributed by atoms with Gasteiger partial charge >= 0.3 is 0 Å². The van der Waals surface area contributed by atoms with Crippen molar-refractivity contribution >= 4 is 12.2 Å². The van der Waals surface area contributed by atoms with E-state index in [-0.39, 0.29) is 23.8 Å². The average molecular weight is 237 g/mol. The summed E-state index contributed by atoms with van der Waals surface area (Å²) in [6.07, 6.45) is 2.01. The van der Waals surface area contributed by atoms with Gasteiger partial charge in [0.25, 0.3) is 5.91 Å². The number of halogens is 1. The quantitative estimate of drug-likeness (QED) is 0.599. The van der Waals surface area contributed by atoms with E-state index >= 15 is 0 Å². The van der Waals surface area contributed by atoms with Crippen LogP contribution < -0.4 is 10.1 Å². The van der Waals surface area contributed by atoms with Crippen molar-refractivity contribution < 1.29 is 18.7 Å². The average Bonchev–Trinajstić information content (AvgIpc) is 2.34. The fraction of sp³-hybridized carbons (Fsp3) is 0.167. The van der Waals surface area contributed by atoms with E-state index in [0.717, 1.165) is 12.1 Å². The Hall–Kier alpha value is -2.17. The van der Waals surface area contributed by atoms with Gasteiger partial charge in [-0.1, -0.05) is 6.08 Å². The Morgan fingerprint density at radius 2 is 2.29 bits per heavy atom. The highest BCUT2D eigenvalue weighted by Crippen LogP contribution is 2.17. The number of benzene rings is 1. The third-order valence-corrected chi connectivity index (χ3v) is 1.90. The minimum atomic E-state index is -0.532. The van der Waals surface area contributed by atoms with Crippen LogP contribution in [0.4, 0.5) is 4.39 Å². The Bertz CT molecular complexity index is 432. The summed E-state index contributed by atoms with van der Waals surface area (Å²) in [5.41, 5.74) is 0.0709. The summed E-state index contributed by atoms with van der Waals surface area (Å²) < 4.78 is 17.9. The third-order valence-electron chi connectivity index (χ3n) is 1.90. The van der Waals surface area contributed by atoms with Crippen LogP contribution in [-0.4, -0.2) is 25.3 Å². The minimum Gasteiger partial charge on any atom is -0.483 e. The third kappa shape index (κ3) is 4.06. The molecule has 1 amide bonds. The molecule has 0 saturated carbocycles. The van der Waals surface area contributed by atoms with Crippen molar-refractivity contribution in [1.29, 1.82) is 0 Å². The monoisotopic (exact) mass is 237 g/mol. The lowest BCUT2D eigenvalue weighted by Gasteiger charge is -2.08. The summed E-state index contributed by atoms with van der Waals surface area (Å²) in [6.45, 7) is 3.55. The SMILES string of the molecule is C=CCNC(=O)COc1ccc(F)cc1C=O. The van der Waals surface area contributed by atoms with Gasteiger partial charge in [0.15, 0.2) is 12.9 Å². The predicted octanol–water partition coefficient (Wildman–Crippen LogP) is 1.32. The molecule has 1 aromatic carbocycles. The van der Waals surface area contributed by atoms with Crippen LogP contribution in [0.1, 0.15) is 10.4 Å². The van der Waals surface area contributed by atoms with Gasteiger partial charge in [0.05, 0.1) is 5.56 Å². The Morgan fingerprint density at radius 1 is 1.53 bits per heavy atom. The van der Waals surface area contributed by atoms with Gasteiger partial charge < -0.3 is 10.1 Å². The second kappa shape index (κ2) is 6.42. The number of amides is 1. The fourth-order valence-electron chi connectivity index (χ4n) is 1.12. The number of hydrogen-bond acceptors (Lipinski definition) is 3. The highest BCUT2D eigenvalue weighted by molar-refractivity contribution is 5.80. The summed E-state index contributed by atoms with van der Waals surface area (Å²) in [4.78, 5) is 21.8. The van der Waals surface area contributed by atoms with Crippen LogP contribution in [0.15, 0.2) is 30.9 Å². The fourth-order valence-corrected chi connectivity index (χ4v) is 1.12. The van der Waals surface area contributed by atoms with Crippen molar-refractivity contribution in [1.82, 2.24) is 5.32 Å². The van der Waals surface area contributed by atoms with Gasteiger partial charge in [0.1, 0.15) is 11.6 Å². The lowest BCUT2D eigenvalue weighted by atomic mass is 10.2. The lowest BCUT2D eigenvalue weighted by molar-refractivity contribution is -0.122. The molecular formula is C12H12FNO3. The molecule has 17 heavy (non-hydrogen) atoms. The molecule has 0 aliphatic rings. The zero-order valence-electron chi connectivity index (χ0n) is 9.11. The Labute approximate surface area is 98.1 Å². The molecule has 90 valence electrons. The van der Waals surface area contributed by atoms with Gasteiger partial charge in [-0.3, -0.25) is 9.59 Å². The van der Waals surface area contributed by atoms with E-state index < -0.39 is 5.82 Å². The second-order valence-corrected chi connectivity index (χ2v) is 3.18. The van der Waals surface area contributed by atoms with Gasteiger partial charge in [-0.2, -0.15) is 0 Å². The molecule has 0 aromatic heterocycles. The van der Waals surface area contributed by atoms with Crippen LogP contribution in [0.5, 0.6) is 5.75 Å². The smallest absolute Gasteiger partial charge is 0.258 e. The highest BCUT2D eigenvalue weighted by Gasteiger charge is 2.07. The summed E-state index contributed by atoms with van der Waals surface area (Å²) in [5, 5.41) is 2.51. The lowest BCUT2D eigenvalue weighted by Crippen LogP contribution is -2.28. The van der Waals surface area contributed by atoms with Crippen molar-refractivity contribution in [2.45, 2.75) is 0 Å². The first kappa shape index (κ1) is 12.9. The molecule has 0 radical (unpaired) electrons. The Kier molecular flexibility index (Phi) is 4.87. The van der Waals surface area contributed by atoms with Gasteiger partial charge in [0.2, 0.25) is 0 Å². The van der Waals surface area contributed by atoms with Crippen molar-refractivity contribution in [2.24, 2.45) is 0 Å². The number of carbonyl (C=O) groups is 2. The summed E-state index contributed by atoms with van der Waals surface area (Å²) in [5.74, 6) is -0.697. The number of ether oxygens (including phenoxy) is 1. The molecular weight excluding hydrogens is 225 g/mol. The first-order chi connectivity index (χ1) is 8.17. The molecule has 1 N–H and O–H groups in total. The molecule has 1 aromatic rings. The van der Waals surface area contributed by atoms with Crippen molar-refractivity contribution in [3.8, 4) is 5.75 Å². The zero-order chi connectivity index (χ0) is 12.7. The normalized spacial score (nSPS) is 9.47. The van der Waals surface area contributed by atoms with Gasteiger partial charge in [-0.15, -0.1) is 6.58 Å². The molecule has 0 spiro atoms. The molecule has 0 unspecified atom stereocenters. The molecule has 0 aliphatic carbocycles. The van der Waals surface area contributed by atoms with Gasteiger partial charge in [0, 0.05) is 6.54 Å². The summed E-state index contributed by atoms with van der Waals surface area (Å²) in [7, 11) is 0. The minimum absolute atomic E-state index is 0.0709. The highest BCUT2D eigenvalue weighted by atomic mass is 19.1. The van der Waals surface area contributed by atoms with E-state index in [1.165, 1.54) is 12.1 Å². The maximum atomic E-state index is 12.8. The topological polar surface area (TPSA) is 55.4 Å². The van der Waals surface area contributed by atoms with E-state index in [1.807, 2.05) is 0 Å². The maximum absolute atomic E-state index is 12.8. The molecule has 4 nitrogen and oxygen atoms in total. The van der Waals surface area contributed by atoms with Crippen molar-refractivity contribution in [3.63, 3.8) is 0 Å². The summed E-state index contributed by atoms with van der Waals surface area (Å²) in [6, 6.07) is 3.51. The molecule has 0 bridgehead atoms. The first-order valence-corrected chi connectivity index (χ1v) is 4.92. The molecule has 0 atom stereocenters. The summed E-state index contributed by atoms with van der Waals surface area (Å²) >= 11 is 0. The van der Waals surface area contributed by atoms with Crippen LogP contribution in [0, 0.1) is 5.82 Å². The Balaban J connectivity index is 2.59. The van der Waals surface area contributed by atoms with E-state index in [2.05, 4.69) is 11.9 Å². The molecule has 0 aliphatic heterocycles. The number of nitrogens with one attached hydrogen (secondary N) is 1. The standard InChI is InChI=1S/C12H12FNO3/c1-2-5-14-12(16)8-17-11-4-3-10(13)6-9(11)7-15/h2-4,6-7H,1,5,8H2,(H,14,16). The molecule has 0 saturated heterocycles. The molecule has 0 heterocycles. The Morgan fingerprint density at radius 3 is 2.94 bits per heavy atom. The number of rotatable bonds is 6. The largest absolute Gasteiger partial charge is 0.483 e.